The van der Waals surface area contributed by atoms with Gasteiger partial charge in [0, 0.05) is 64.4 Å². The zero-order chi connectivity index (χ0) is 31.7. The third-order valence-corrected chi connectivity index (χ3v) is 11.9. The second-order valence-electron chi connectivity index (χ2n) is 13.7. The van der Waals surface area contributed by atoms with Crippen molar-refractivity contribution in [1.29, 1.82) is 0 Å². The summed E-state index contributed by atoms with van der Waals surface area (Å²) in [7, 11) is 0. The number of furan rings is 1. The molecule has 11 rings (SSSR count). The Labute approximate surface area is 281 Å². The van der Waals surface area contributed by atoms with Crippen LogP contribution < -0.4 is 0 Å². The molecule has 0 fully saturated rings. The van der Waals surface area contributed by atoms with Crippen molar-refractivity contribution in [1.82, 2.24) is 4.57 Å². The van der Waals surface area contributed by atoms with Crippen molar-refractivity contribution in [3.63, 3.8) is 0 Å². The molecule has 3 heteroatoms. The number of para-hydroxylation sites is 2. The van der Waals surface area contributed by atoms with Crippen LogP contribution in [0.5, 0.6) is 0 Å². The minimum atomic E-state index is -0.0478. The highest BCUT2D eigenvalue weighted by molar-refractivity contribution is 7.25. The highest BCUT2D eigenvalue weighted by Gasteiger charge is 2.36. The molecule has 0 aliphatic heterocycles. The number of fused-ring (bicyclic) bond motifs is 12. The third kappa shape index (κ3) is 3.36. The lowest BCUT2D eigenvalue weighted by atomic mass is 9.82. The number of rotatable bonds is 2. The zero-order valence-corrected chi connectivity index (χ0v) is 27.4. The van der Waals surface area contributed by atoms with Crippen LogP contribution in [0.15, 0.2) is 144 Å². The summed E-state index contributed by atoms with van der Waals surface area (Å²) >= 11 is 1.85. The third-order valence-electron chi connectivity index (χ3n) is 10.8. The molecule has 3 heterocycles. The minimum Gasteiger partial charge on any atom is -0.455 e. The maximum atomic E-state index is 6.88. The number of hydrogen-bond acceptors (Lipinski definition) is 2. The van der Waals surface area contributed by atoms with E-state index in [0.717, 1.165) is 33.2 Å². The molecular formula is C45H29NOS. The van der Waals surface area contributed by atoms with Gasteiger partial charge in [0.25, 0.3) is 0 Å². The first-order valence-electron chi connectivity index (χ1n) is 16.6. The summed E-state index contributed by atoms with van der Waals surface area (Å²) in [6.45, 7) is 4.71. The highest BCUT2D eigenvalue weighted by Crippen LogP contribution is 2.51. The quantitative estimate of drug-likeness (QED) is 0.186. The number of nitrogens with zero attached hydrogens (tertiary/aromatic N) is 1. The molecule has 0 atom stereocenters. The van der Waals surface area contributed by atoms with Gasteiger partial charge in [-0.1, -0.05) is 105 Å². The van der Waals surface area contributed by atoms with E-state index in [-0.39, 0.29) is 5.41 Å². The van der Waals surface area contributed by atoms with E-state index < -0.39 is 0 Å². The van der Waals surface area contributed by atoms with Gasteiger partial charge in [-0.05, 0) is 70.3 Å². The minimum absolute atomic E-state index is 0.0478. The summed E-state index contributed by atoms with van der Waals surface area (Å²) in [5, 5.41) is 7.43. The van der Waals surface area contributed by atoms with Crippen LogP contribution in [0.25, 0.3) is 91.9 Å². The summed E-state index contributed by atoms with van der Waals surface area (Å²) in [6.07, 6.45) is 0. The zero-order valence-electron chi connectivity index (χ0n) is 26.5. The van der Waals surface area contributed by atoms with Gasteiger partial charge in [-0.25, -0.2) is 0 Å². The normalized spacial score (nSPS) is 13.8. The molecule has 226 valence electrons. The van der Waals surface area contributed by atoms with Gasteiger partial charge in [-0.2, -0.15) is 0 Å². The molecular weight excluding hydrogens is 603 g/mol. The Morgan fingerprint density at radius 3 is 2.17 bits per heavy atom. The first-order valence-corrected chi connectivity index (χ1v) is 17.4. The average Bonchev–Trinajstić information content (AvgIpc) is 3.84. The summed E-state index contributed by atoms with van der Waals surface area (Å²) in [4.78, 5) is 0. The first-order chi connectivity index (χ1) is 23.6. The van der Waals surface area contributed by atoms with Gasteiger partial charge in [-0.15, -0.1) is 11.3 Å². The topological polar surface area (TPSA) is 18.1 Å². The summed E-state index contributed by atoms with van der Waals surface area (Å²) in [5.74, 6) is 0. The molecule has 7 aromatic carbocycles. The number of aromatic nitrogens is 1. The Hall–Kier alpha value is -5.64. The van der Waals surface area contributed by atoms with E-state index in [0.29, 0.717) is 0 Å². The van der Waals surface area contributed by atoms with E-state index in [9.17, 15) is 0 Å². The lowest BCUT2D eigenvalue weighted by Gasteiger charge is -2.21. The molecule has 0 saturated heterocycles. The molecule has 48 heavy (non-hydrogen) atoms. The maximum absolute atomic E-state index is 6.88. The lowest BCUT2D eigenvalue weighted by molar-refractivity contribution is 0.661. The Kier molecular flexibility index (Phi) is 5.09. The van der Waals surface area contributed by atoms with Gasteiger partial charge in [0.05, 0.1) is 11.0 Å². The Morgan fingerprint density at radius 1 is 0.500 bits per heavy atom. The molecule has 2 nitrogen and oxygen atoms in total. The molecule has 0 bridgehead atoms. The Bertz CT molecular complexity index is 2990. The van der Waals surface area contributed by atoms with Crippen LogP contribution in [0, 0.1) is 0 Å². The molecule has 1 aliphatic carbocycles. The van der Waals surface area contributed by atoms with Crippen LogP contribution >= 0.6 is 11.3 Å². The van der Waals surface area contributed by atoms with Crippen molar-refractivity contribution >= 4 is 75.3 Å². The molecule has 0 unspecified atom stereocenters. The standard InChI is InChI=1S/C45H29NOS/c1-45(2)36-17-6-3-11-27(36)34-25-39-35(24-37(34)45)28-12-4-7-18-38(28)46(39)26-21-22-29-31-15-9-16-32(44(31)47-40(29)23-26)30-14-10-20-42-43(30)33-13-5-8-19-41(33)48-42/h3-25H,1-2H3. The second-order valence-corrected chi connectivity index (χ2v) is 14.8. The van der Waals surface area contributed by atoms with E-state index in [2.05, 4.69) is 158 Å². The predicted octanol–water partition coefficient (Wildman–Crippen LogP) is 13.0. The SMILES string of the molecule is CC1(C)c2ccccc2-c2cc3c(cc21)c1ccccc1n3-c1ccc2c(c1)oc1c(-c3cccc4sc5ccccc5c34)cccc12. The van der Waals surface area contributed by atoms with Gasteiger partial charge < -0.3 is 8.98 Å². The van der Waals surface area contributed by atoms with Crippen molar-refractivity contribution in [3.05, 3.63) is 151 Å². The molecule has 1 aliphatic rings. The molecule has 0 radical (unpaired) electrons. The van der Waals surface area contributed by atoms with Crippen molar-refractivity contribution < 1.29 is 4.42 Å². The van der Waals surface area contributed by atoms with Crippen LogP contribution in [-0.4, -0.2) is 4.57 Å². The maximum Gasteiger partial charge on any atom is 0.143 e. The van der Waals surface area contributed by atoms with Gasteiger partial charge in [0.15, 0.2) is 0 Å². The van der Waals surface area contributed by atoms with Crippen molar-refractivity contribution in [2.24, 2.45) is 0 Å². The summed E-state index contributed by atoms with van der Waals surface area (Å²) in [5.41, 5.74) is 13.1. The van der Waals surface area contributed by atoms with E-state index in [1.165, 1.54) is 69.8 Å². The number of thiophene rings is 1. The molecule has 0 saturated carbocycles. The highest BCUT2D eigenvalue weighted by atomic mass is 32.1. The second kappa shape index (κ2) is 9.25. The average molecular weight is 632 g/mol. The van der Waals surface area contributed by atoms with Gasteiger partial charge >= 0.3 is 0 Å². The molecule has 0 amide bonds. The van der Waals surface area contributed by atoms with Crippen molar-refractivity contribution in [2.45, 2.75) is 19.3 Å². The number of benzene rings is 7. The smallest absolute Gasteiger partial charge is 0.143 e. The van der Waals surface area contributed by atoms with Gasteiger partial charge in [-0.3, -0.25) is 0 Å². The summed E-state index contributed by atoms with van der Waals surface area (Å²) in [6, 6.07) is 51.2. The molecule has 10 aromatic rings. The summed E-state index contributed by atoms with van der Waals surface area (Å²) < 4.78 is 11.9. The van der Waals surface area contributed by atoms with E-state index in [1.54, 1.807) is 0 Å². The van der Waals surface area contributed by atoms with E-state index in [1.807, 2.05) is 11.3 Å². The van der Waals surface area contributed by atoms with Crippen molar-refractivity contribution in [3.8, 4) is 27.9 Å². The largest absolute Gasteiger partial charge is 0.455 e. The monoisotopic (exact) mass is 631 g/mol. The Morgan fingerprint density at radius 2 is 1.23 bits per heavy atom. The lowest BCUT2D eigenvalue weighted by Crippen LogP contribution is -2.14. The fourth-order valence-corrected chi connectivity index (χ4v) is 9.71. The molecule has 0 spiro atoms. The van der Waals surface area contributed by atoms with Crippen LogP contribution in [0.1, 0.15) is 25.0 Å². The molecule has 3 aromatic heterocycles. The van der Waals surface area contributed by atoms with Crippen LogP contribution in [0.4, 0.5) is 0 Å². The number of hydrogen-bond donors (Lipinski definition) is 0. The Balaban J connectivity index is 1.16. The van der Waals surface area contributed by atoms with E-state index in [4.69, 9.17) is 4.42 Å². The van der Waals surface area contributed by atoms with Crippen LogP contribution in [-0.2, 0) is 5.41 Å². The first kappa shape index (κ1) is 26.4. The van der Waals surface area contributed by atoms with Crippen molar-refractivity contribution in [2.75, 3.05) is 0 Å². The molecule has 0 N–H and O–H groups in total. The van der Waals surface area contributed by atoms with Gasteiger partial charge in [0.1, 0.15) is 11.2 Å². The van der Waals surface area contributed by atoms with Crippen LogP contribution in [0.3, 0.4) is 0 Å². The van der Waals surface area contributed by atoms with Gasteiger partial charge in [0.2, 0.25) is 0 Å². The predicted molar refractivity (Wildman–Crippen MR) is 204 cm³/mol. The fourth-order valence-electron chi connectivity index (χ4n) is 8.58. The fraction of sp³-hybridized carbons (Fsp3) is 0.0667. The van der Waals surface area contributed by atoms with Crippen LogP contribution in [0.2, 0.25) is 0 Å². The van der Waals surface area contributed by atoms with E-state index >= 15 is 0 Å².